The van der Waals surface area contributed by atoms with Crippen LogP contribution in [0.2, 0.25) is 0 Å². The zero-order valence-electron chi connectivity index (χ0n) is 8.38. The first kappa shape index (κ1) is 11.6. The van der Waals surface area contributed by atoms with Crippen molar-refractivity contribution in [1.82, 2.24) is 0 Å². The summed E-state index contributed by atoms with van der Waals surface area (Å²) in [6, 6.07) is 6.35. The molecule has 16 heavy (non-hydrogen) atoms. The Hall–Kier alpha value is -0.900. The van der Waals surface area contributed by atoms with Crippen LogP contribution in [0.4, 0.5) is 11.4 Å². The summed E-state index contributed by atoms with van der Waals surface area (Å²) < 4.78 is 7.28. The molecule has 1 atom stereocenters. The smallest absolute Gasteiger partial charge is 0.269 e. The Morgan fingerprint density at radius 3 is 2.69 bits per heavy atom. The highest BCUT2D eigenvalue weighted by molar-refractivity contribution is 7.81. The molecule has 0 aliphatic carbocycles. The van der Waals surface area contributed by atoms with Gasteiger partial charge in [0.15, 0.2) is 0 Å². The molecule has 2 rings (SSSR count). The van der Waals surface area contributed by atoms with E-state index in [2.05, 4.69) is 0 Å². The van der Waals surface area contributed by atoms with E-state index in [4.69, 9.17) is 15.8 Å². The molecular weight excluding hydrogens is 251 g/mol. The molecule has 1 unspecified atom stereocenters. The van der Waals surface area contributed by atoms with Gasteiger partial charge in [0.2, 0.25) is 7.65 Å². The highest BCUT2D eigenvalue weighted by atomic mass is 35.7. The lowest BCUT2D eigenvalue weighted by Crippen LogP contribution is -2.23. The van der Waals surface area contributed by atoms with E-state index in [1.807, 2.05) is 4.67 Å². The molecular formula is C9H10ClN2O3P. The summed E-state index contributed by atoms with van der Waals surface area (Å²) in [5.74, 6) is 0. The predicted octanol–water partition coefficient (Wildman–Crippen LogP) is 3.29. The van der Waals surface area contributed by atoms with E-state index in [-0.39, 0.29) is 5.69 Å². The second-order valence-electron chi connectivity index (χ2n) is 3.31. The minimum atomic E-state index is -1.12. The molecule has 0 radical (unpaired) electrons. The van der Waals surface area contributed by atoms with Gasteiger partial charge in [0.25, 0.3) is 5.69 Å². The van der Waals surface area contributed by atoms with Crippen LogP contribution in [0, 0.1) is 10.1 Å². The van der Waals surface area contributed by atoms with Crippen LogP contribution < -0.4 is 4.67 Å². The third kappa shape index (κ3) is 2.43. The molecule has 1 saturated heterocycles. The van der Waals surface area contributed by atoms with Crippen molar-refractivity contribution in [2.75, 3.05) is 17.8 Å². The van der Waals surface area contributed by atoms with Crippen LogP contribution >= 0.6 is 18.9 Å². The van der Waals surface area contributed by atoms with Crippen molar-refractivity contribution in [2.24, 2.45) is 0 Å². The lowest BCUT2D eigenvalue weighted by Gasteiger charge is -2.31. The maximum absolute atomic E-state index is 10.5. The Morgan fingerprint density at radius 2 is 2.12 bits per heavy atom. The quantitative estimate of drug-likeness (QED) is 0.465. The summed E-state index contributed by atoms with van der Waals surface area (Å²) in [7, 11) is -1.12. The van der Waals surface area contributed by atoms with E-state index in [1.165, 1.54) is 12.1 Å². The molecule has 1 aliphatic rings. The average Bonchev–Trinajstić information content (AvgIpc) is 2.30. The zero-order valence-corrected chi connectivity index (χ0v) is 10.0. The standard InChI is InChI=1S/C9H10ClN2O3P/c10-16-11(6-1-7-15-16)8-2-4-9(5-3-8)12(13)14/h2-5H,1,6-7H2. The Kier molecular flexibility index (Phi) is 3.59. The molecule has 0 aromatic heterocycles. The number of nitrogens with zero attached hydrogens (tertiary/aromatic N) is 2. The lowest BCUT2D eigenvalue weighted by molar-refractivity contribution is -0.384. The highest BCUT2D eigenvalue weighted by Crippen LogP contribution is 2.51. The molecule has 7 heteroatoms. The van der Waals surface area contributed by atoms with Crippen molar-refractivity contribution in [3.05, 3.63) is 34.4 Å². The SMILES string of the molecule is O=[N+]([O-])c1ccc(N2CCCOP2Cl)cc1. The maximum Gasteiger partial charge on any atom is 0.269 e. The molecule has 0 bridgehead atoms. The van der Waals surface area contributed by atoms with Gasteiger partial charge >= 0.3 is 0 Å². The fourth-order valence-corrected chi connectivity index (χ4v) is 3.20. The zero-order chi connectivity index (χ0) is 11.5. The Bertz CT molecular complexity index is 387. The lowest BCUT2D eigenvalue weighted by atomic mass is 10.3. The largest absolute Gasteiger partial charge is 0.327 e. The molecule has 1 heterocycles. The van der Waals surface area contributed by atoms with Crippen molar-refractivity contribution < 1.29 is 9.45 Å². The van der Waals surface area contributed by atoms with Crippen molar-refractivity contribution in [1.29, 1.82) is 0 Å². The number of nitro benzene ring substituents is 1. The van der Waals surface area contributed by atoms with Gasteiger partial charge in [0, 0.05) is 24.4 Å². The topological polar surface area (TPSA) is 55.6 Å². The molecule has 1 aromatic rings. The highest BCUT2D eigenvalue weighted by Gasteiger charge is 2.22. The molecule has 5 nitrogen and oxygen atoms in total. The van der Waals surface area contributed by atoms with Gasteiger partial charge in [-0.05, 0) is 29.8 Å². The monoisotopic (exact) mass is 260 g/mol. The van der Waals surface area contributed by atoms with E-state index in [1.54, 1.807) is 12.1 Å². The van der Waals surface area contributed by atoms with Crippen LogP contribution in [0.3, 0.4) is 0 Å². The number of hydrogen-bond donors (Lipinski definition) is 0. The van der Waals surface area contributed by atoms with Gasteiger partial charge in [-0.1, -0.05) is 0 Å². The van der Waals surface area contributed by atoms with Crippen LogP contribution in [0.15, 0.2) is 24.3 Å². The number of nitro groups is 1. The van der Waals surface area contributed by atoms with E-state index < -0.39 is 12.6 Å². The normalized spacial score (nSPS) is 20.8. The first-order valence-corrected chi connectivity index (χ1v) is 6.91. The molecule has 0 spiro atoms. The van der Waals surface area contributed by atoms with E-state index in [0.717, 1.165) is 18.7 Å². The first-order chi connectivity index (χ1) is 7.68. The van der Waals surface area contributed by atoms with Gasteiger partial charge < -0.3 is 9.19 Å². The number of anilines is 1. The van der Waals surface area contributed by atoms with E-state index >= 15 is 0 Å². The number of benzene rings is 1. The fourth-order valence-electron chi connectivity index (χ4n) is 1.47. The minimum Gasteiger partial charge on any atom is -0.327 e. The summed E-state index contributed by atoms with van der Waals surface area (Å²) in [5.41, 5.74) is 0.951. The second kappa shape index (κ2) is 4.95. The molecule has 1 aliphatic heterocycles. The van der Waals surface area contributed by atoms with Crippen molar-refractivity contribution in [3.8, 4) is 0 Å². The van der Waals surface area contributed by atoms with Gasteiger partial charge in [-0.3, -0.25) is 10.1 Å². The van der Waals surface area contributed by atoms with Crippen LogP contribution in [-0.4, -0.2) is 18.1 Å². The average molecular weight is 261 g/mol. The van der Waals surface area contributed by atoms with Crippen LogP contribution in [0.1, 0.15) is 6.42 Å². The second-order valence-corrected chi connectivity index (χ2v) is 5.37. The molecule has 0 saturated carbocycles. The minimum absolute atomic E-state index is 0.0839. The van der Waals surface area contributed by atoms with Gasteiger partial charge in [0.05, 0.1) is 11.5 Å². The van der Waals surface area contributed by atoms with Gasteiger partial charge in [-0.25, -0.2) is 0 Å². The Labute approximate surface area is 98.8 Å². The maximum atomic E-state index is 10.5. The fraction of sp³-hybridized carbons (Fsp3) is 0.333. The van der Waals surface area contributed by atoms with Gasteiger partial charge in [-0.15, -0.1) is 0 Å². The van der Waals surface area contributed by atoms with E-state index in [9.17, 15) is 10.1 Å². The van der Waals surface area contributed by atoms with Gasteiger partial charge in [-0.2, -0.15) is 0 Å². The van der Waals surface area contributed by atoms with Crippen molar-refractivity contribution in [3.63, 3.8) is 0 Å². The molecule has 1 aromatic carbocycles. The van der Waals surface area contributed by atoms with Crippen molar-refractivity contribution in [2.45, 2.75) is 6.42 Å². The molecule has 86 valence electrons. The molecule has 1 fully saturated rings. The van der Waals surface area contributed by atoms with Crippen LogP contribution in [0.5, 0.6) is 0 Å². The number of non-ortho nitro benzene ring substituents is 1. The summed E-state index contributed by atoms with van der Waals surface area (Å²) in [5, 5.41) is 10.5. The Balaban J connectivity index is 2.17. The number of hydrogen-bond acceptors (Lipinski definition) is 4. The summed E-state index contributed by atoms with van der Waals surface area (Å²) in [4.78, 5) is 10.1. The molecule has 0 amide bonds. The third-order valence-corrected chi connectivity index (χ3v) is 4.31. The first-order valence-electron chi connectivity index (χ1n) is 4.79. The van der Waals surface area contributed by atoms with Crippen molar-refractivity contribution >= 4 is 30.3 Å². The summed E-state index contributed by atoms with van der Waals surface area (Å²) in [6.45, 7) is 1.51. The number of halogens is 1. The number of rotatable bonds is 2. The summed E-state index contributed by atoms with van der Waals surface area (Å²) in [6.07, 6.45) is 0.919. The van der Waals surface area contributed by atoms with Crippen LogP contribution in [-0.2, 0) is 4.52 Å². The molecule has 0 N–H and O–H groups in total. The van der Waals surface area contributed by atoms with Gasteiger partial charge in [0.1, 0.15) is 0 Å². The van der Waals surface area contributed by atoms with E-state index in [0.29, 0.717) is 6.61 Å². The predicted molar refractivity (Wildman–Crippen MR) is 63.8 cm³/mol. The van der Waals surface area contributed by atoms with Crippen LogP contribution in [0.25, 0.3) is 0 Å². The summed E-state index contributed by atoms with van der Waals surface area (Å²) >= 11 is 6.05. The third-order valence-electron chi connectivity index (χ3n) is 2.26. The Morgan fingerprint density at radius 1 is 1.44 bits per heavy atom.